The Morgan fingerprint density at radius 2 is 1.95 bits per heavy atom. The van der Waals surface area contributed by atoms with Crippen molar-refractivity contribution in [3.8, 4) is 5.75 Å². The van der Waals surface area contributed by atoms with E-state index in [4.69, 9.17) is 4.74 Å². The predicted molar refractivity (Wildman–Crippen MR) is 84.8 cm³/mol. The topological polar surface area (TPSA) is 52.4 Å². The molecule has 4 nitrogen and oxygen atoms in total. The molecule has 0 saturated carbocycles. The van der Waals surface area contributed by atoms with Gasteiger partial charge >= 0.3 is 5.69 Å². The molecule has 0 aliphatic carbocycles. The van der Waals surface area contributed by atoms with Crippen molar-refractivity contribution in [1.29, 1.82) is 0 Å². The number of halogens is 1. The summed E-state index contributed by atoms with van der Waals surface area (Å²) in [4.78, 5) is 10.8. The highest BCUT2D eigenvalue weighted by Crippen LogP contribution is 2.34. The van der Waals surface area contributed by atoms with E-state index in [-0.39, 0.29) is 21.9 Å². The average Bonchev–Trinajstić information content (AvgIpc) is 2.29. The Labute approximate surface area is 128 Å². The van der Waals surface area contributed by atoms with Crippen LogP contribution in [0.2, 0.25) is 0 Å². The third-order valence-corrected chi connectivity index (χ3v) is 4.22. The van der Waals surface area contributed by atoms with Gasteiger partial charge in [-0.25, -0.2) is 0 Å². The second-order valence-corrected chi connectivity index (χ2v) is 6.86. The highest BCUT2D eigenvalue weighted by atomic mass is 79.9. The lowest BCUT2D eigenvalue weighted by Gasteiger charge is -2.29. The van der Waals surface area contributed by atoms with Crippen LogP contribution < -0.4 is 4.74 Å². The van der Waals surface area contributed by atoms with Crippen molar-refractivity contribution in [2.45, 2.75) is 34.6 Å². The molecular weight excluding hydrogens is 322 g/mol. The second-order valence-electron chi connectivity index (χ2n) is 6.22. The summed E-state index contributed by atoms with van der Waals surface area (Å²) in [6.45, 7) is 10.6. The zero-order valence-corrected chi connectivity index (χ0v) is 14.3. The molecular formula is C15H22BrNO3. The van der Waals surface area contributed by atoms with Crippen LogP contribution >= 0.6 is 15.9 Å². The van der Waals surface area contributed by atoms with E-state index < -0.39 is 0 Å². The first kappa shape index (κ1) is 17.0. The van der Waals surface area contributed by atoms with E-state index in [0.29, 0.717) is 12.4 Å². The van der Waals surface area contributed by atoms with Crippen LogP contribution in [0, 0.1) is 35.3 Å². The molecule has 1 aromatic carbocycles. The molecule has 0 aliphatic rings. The number of rotatable bonds is 5. The van der Waals surface area contributed by atoms with Crippen LogP contribution in [-0.4, -0.2) is 16.9 Å². The molecule has 0 aliphatic heterocycles. The van der Waals surface area contributed by atoms with Crippen LogP contribution in [-0.2, 0) is 0 Å². The Hall–Kier alpha value is -1.10. The van der Waals surface area contributed by atoms with Gasteiger partial charge in [-0.15, -0.1) is 0 Å². The molecule has 1 aromatic rings. The van der Waals surface area contributed by atoms with Gasteiger partial charge in [0.05, 0.1) is 11.5 Å². The fourth-order valence-electron chi connectivity index (χ4n) is 1.97. The summed E-state index contributed by atoms with van der Waals surface area (Å²) in [5.41, 5.74) is 1.80. The van der Waals surface area contributed by atoms with Gasteiger partial charge in [0.2, 0.25) is 0 Å². The lowest BCUT2D eigenvalue weighted by atomic mass is 9.83. The van der Waals surface area contributed by atoms with E-state index in [0.717, 1.165) is 16.5 Å². The first-order chi connectivity index (χ1) is 9.16. The van der Waals surface area contributed by atoms with Crippen LogP contribution in [0.1, 0.15) is 31.9 Å². The van der Waals surface area contributed by atoms with Gasteiger partial charge in [-0.1, -0.05) is 42.8 Å². The third kappa shape index (κ3) is 4.20. The molecule has 0 amide bonds. The fourth-order valence-corrected chi connectivity index (χ4v) is 3.12. The Bertz CT molecular complexity index is 495. The van der Waals surface area contributed by atoms with E-state index in [9.17, 15) is 10.1 Å². The van der Waals surface area contributed by atoms with Crippen molar-refractivity contribution in [1.82, 2.24) is 0 Å². The van der Waals surface area contributed by atoms with Gasteiger partial charge in [0, 0.05) is 17.3 Å². The van der Waals surface area contributed by atoms with Gasteiger partial charge in [0.25, 0.3) is 0 Å². The molecule has 0 heterocycles. The van der Waals surface area contributed by atoms with E-state index >= 15 is 0 Å². The monoisotopic (exact) mass is 343 g/mol. The number of hydrogen-bond acceptors (Lipinski definition) is 3. The molecule has 0 bridgehead atoms. The summed E-state index contributed by atoms with van der Waals surface area (Å²) in [6.07, 6.45) is 0. The smallest absolute Gasteiger partial charge is 0.311 e. The zero-order valence-electron chi connectivity index (χ0n) is 12.7. The molecule has 0 radical (unpaired) electrons. The maximum atomic E-state index is 11.2. The number of ether oxygens (including phenoxy) is 1. The van der Waals surface area contributed by atoms with Crippen LogP contribution in [0.25, 0.3) is 0 Å². The van der Waals surface area contributed by atoms with Gasteiger partial charge in [0.15, 0.2) is 5.75 Å². The Kier molecular flexibility index (Phi) is 5.57. The third-order valence-electron chi connectivity index (χ3n) is 3.44. The second kappa shape index (κ2) is 6.57. The largest absolute Gasteiger partial charge is 0.486 e. The molecule has 0 saturated heterocycles. The van der Waals surface area contributed by atoms with Gasteiger partial charge in [0.1, 0.15) is 0 Å². The minimum absolute atomic E-state index is 0.0460. The fraction of sp³-hybridized carbons (Fsp3) is 0.600. The lowest BCUT2D eigenvalue weighted by Crippen LogP contribution is -2.28. The summed E-state index contributed by atoms with van der Waals surface area (Å²) in [7, 11) is 0. The summed E-state index contributed by atoms with van der Waals surface area (Å²) in [5, 5.41) is 12.0. The summed E-state index contributed by atoms with van der Waals surface area (Å²) < 4.78 is 5.79. The molecule has 20 heavy (non-hydrogen) atoms. The number of alkyl halides is 1. The maximum Gasteiger partial charge on any atom is 0.311 e. The van der Waals surface area contributed by atoms with Crippen molar-refractivity contribution in [3.05, 3.63) is 33.4 Å². The highest BCUT2D eigenvalue weighted by molar-refractivity contribution is 9.09. The first-order valence-electron chi connectivity index (χ1n) is 6.61. The quantitative estimate of drug-likeness (QED) is 0.444. The number of benzene rings is 1. The van der Waals surface area contributed by atoms with E-state index in [1.54, 1.807) is 6.07 Å². The molecule has 0 fully saturated rings. The molecule has 1 unspecified atom stereocenters. The number of hydrogen-bond donors (Lipinski definition) is 0. The number of nitro benzene ring substituents is 1. The van der Waals surface area contributed by atoms with E-state index in [1.807, 2.05) is 19.9 Å². The molecule has 1 atom stereocenters. The molecule has 5 heteroatoms. The Morgan fingerprint density at radius 1 is 1.35 bits per heavy atom. The first-order valence-corrected chi connectivity index (χ1v) is 7.73. The molecule has 0 aromatic heterocycles. The number of aryl methyl sites for hydroxylation is 2. The van der Waals surface area contributed by atoms with Gasteiger partial charge in [-0.2, -0.15) is 0 Å². The summed E-state index contributed by atoms with van der Waals surface area (Å²) >= 11 is 3.49. The van der Waals surface area contributed by atoms with Crippen LogP contribution in [0.3, 0.4) is 0 Å². The highest BCUT2D eigenvalue weighted by Gasteiger charge is 2.26. The Balaban J connectivity index is 3.01. The molecule has 112 valence electrons. The van der Waals surface area contributed by atoms with Crippen LogP contribution in [0.15, 0.2) is 12.1 Å². The van der Waals surface area contributed by atoms with Crippen molar-refractivity contribution in [3.63, 3.8) is 0 Å². The molecule has 0 N–H and O–H groups in total. The van der Waals surface area contributed by atoms with Gasteiger partial charge in [-0.05, 0) is 30.4 Å². The van der Waals surface area contributed by atoms with Crippen molar-refractivity contribution >= 4 is 21.6 Å². The van der Waals surface area contributed by atoms with Gasteiger partial charge in [-0.3, -0.25) is 10.1 Å². The number of nitro groups is 1. The Morgan fingerprint density at radius 3 is 2.40 bits per heavy atom. The lowest BCUT2D eigenvalue weighted by molar-refractivity contribution is -0.386. The van der Waals surface area contributed by atoms with Gasteiger partial charge < -0.3 is 4.74 Å². The standard InChI is InChI=1S/C15H22BrNO3/c1-10-6-11(2)14(13(7-10)17(18)19)20-9-12(8-16)15(3,4)5/h6-7,12H,8-9H2,1-5H3. The molecule has 1 rings (SSSR count). The number of nitrogens with zero attached hydrogens (tertiary/aromatic N) is 1. The van der Waals surface area contributed by atoms with Crippen LogP contribution in [0.5, 0.6) is 5.75 Å². The summed E-state index contributed by atoms with van der Waals surface area (Å²) in [5.74, 6) is 0.665. The van der Waals surface area contributed by atoms with Crippen LogP contribution in [0.4, 0.5) is 5.69 Å². The minimum Gasteiger partial charge on any atom is -0.486 e. The molecule has 0 spiro atoms. The van der Waals surface area contributed by atoms with E-state index in [2.05, 4.69) is 36.7 Å². The van der Waals surface area contributed by atoms with Crippen molar-refractivity contribution in [2.24, 2.45) is 11.3 Å². The van der Waals surface area contributed by atoms with E-state index in [1.165, 1.54) is 0 Å². The zero-order chi connectivity index (χ0) is 15.5. The summed E-state index contributed by atoms with van der Waals surface area (Å²) in [6, 6.07) is 3.46. The maximum absolute atomic E-state index is 11.2. The predicted octanol–water partition coefficient (Wildman–Crippen LogP) is 4.65. The average molecular weight is 344 g/mol. The normalized spacial score (nSPS) is 13.1. The van der Waals surface area contributed by atoms with Crippen molar-refractivity contribution < 1.29 is 9.66 Å². The SMILES string of the molecule is Cc1cc(C)c(OCC(CBr)C(C)(C)C)c([N+](=O)[O-])c1. The van der Waals surface area contributed by atoms with Crippen molar-refractivity contribution in [2.75, 3.05) is 11.9 Å². The minimum atomic E-state index is -0.379.